The Kier molecular flexibility index (Phi) is 7.58. The Morgan fingerprint density at radius 1 is 1.15 bits per heavy atom. The standard InChI is InChI=1S/C25H28ClN5O2S/c1-4-30-23(21-6-5-13-31(21)24(33)18-9-7-16(2)8-10-18)28-29-25(30)34-15-22(32)27-20-12-11-19(26)14-17(20)3/h7-12,14,21H,4-6,13,15H2,1-3H3,(H,27,32). The van der Waals surface area contributed by atoms with Crippen LogP contribution in [0, 0.1) is 13.8 Å². The number of halogens is 1. The summed E-state index contributed by atoms with van der Waals surface area (Å²) < 4.78 is 2.01. The summed E-state index contributed by atoms with van der Waals surface area (Å²) in [5.41, 5.74) is 3.45. The Hall–Kier alpha value is -2.84. The molecule has 0 saturated carbocycles. The first-order valence-electron chi connectivity index (χ1n) is 11.4. The maximum atomic E-state index is 13.2. The van der Waals surface area contributed by atoms with E-state index >= 15 is 0 Å². The Bertz CT molecular complexity index is 1190. The van der Waals surface area contributed by atoms with Crippen LogP contribution in [-0.2, 0) is 11.3 Å². The molecule has 0 radical (unpaired) electrons. The van der Waals surface area contributed by atoms with Crippen molar-refractivity contribution in [1.29, 1.82) is 0 Å². The second kappa shape index (κ2) is 10.6. The van der Waals surface area contributed by atoms with Crippen molar-refractivity contribution < 1.29 is 9.59 Å². The molecule has 2 heterocycles. The van der Waals surface area contributed by atoms with E-state index in [-0.39, 0.29) is 23.6 Å². The number of nitrogens with zero attached hydrogens (tertiary/aromatic N) is 4. The summed E-state index contributed by atoms with van der Waals surface area (Å²) in [5, 5.41) is 13.0. The van der Waals surface area contributed by atoms with E-state index in [2.05, 4.69) is 15.5 Å². The third-order valence-electron chi connectivity index (χ3n) is 5.97. The Morgan fingerprint density at radius 3 is 2.62 bits per heavy atom. The maximum absolute atomic E-state index is 13.2. The summed E-state index contributed by atoms with van der Waals surface area (Å²) in [6, 6.07) is 12.9. The fraction of sp³-hybridized carbons (Fsp3) is 0.360. The molecular formula is C25H28ClN5O2S. The van der Waals surface area contributed by atoms with E-state index < -0.39 is 0 Å². The zero-order valence-electron chi connectivity index (χ0n) is 19.5. The number of rotatable bonds is 7. The number of thioether (sulfide) groups is 1. The predicted molar refractivity (Wildman–Crippen MR) is 135 cm³/mol. The van der Waals surface area contributed by atoms with Gasteiger partial charge >= 0.3 is 0 Å². The second-order valence-electron chi connectivity index (χ2n) is 8.40. The molecule has 4 rings (SSSR count). The number of hydrogen-bond donors (Lipinski definition) is 1. The van der Waals surface area contributed by atoms with Crippen LogP contribution in [-0.4, -0.2) is 43.8 Å². The Labute approximate surface area is 208 Å². The number of benzene rings is 2. The minimum absolute atomic E-state index is 0.0140. The van der Waals surface area contributed by atoms with Gasteiger partial charge in [0.2, 0.25) is 5.91 Å². The molecule has 7 nitrogen and oxygen atoms in total. The molecule has 0 bridgehead atoms. The molecular weight excluding hydrogens is 470 g/mol. The quantitative estimate of drug-likeness (QED) is 0.449. The van der Waals surface area contributed by atoms with Crippen molar-refractivity contribution in [1.82, 2.24) is 19.7 Å². The van der Waals surface area contributed by atoms with Gasteiger partial charge in [-0.2, -0.15) is 0 Å². The Morgan fingerprint density at radius 2 is 1.91 bits per heavy atom. The SMILES string of the molecule is CCn1c(SCC(=O)Nc2ccc(Cl)cc2C)nnc1C1CCCN1C(=O)c1ccc(C)cc1. The van der Waals surface area contributed by atoms with Crippen LogP contribution in [0.1, 0.15) is 53.1 Å². The molecule has 3 aromatic rings. The fourth-order valence-electron chi connectivity index (χ4n) is 4.17. The molecule has 1 saturated heterocycles. The molecule has 2 amide bonds. The normalized spacial score (nSPS) is 15.5. The van der Waals surface area contributed by atoms with Crippen molar-refractivity contribution in [2.45, 2.75) is 51.4 Å². The highest BCUT2D eigenvalue weighted by atomic mass is 35.5. The molecule has 1 aliphatic rings. The second-order valence-corrected chi connectivity index (χ2v) is 9.78. The number of carbonyl (C=O) groups excluding carboxylic acids is 2. The summed E-state index contributed by atoms with van der Waals surface area (Å²) in [4.78, 5) is 27.6. The van der Waals surface area contributed by atoms with Crippen LogP contribution < -0.4 is 5.32 Å². The third kappa shape index (κ3) is 5.28. The van der Waals surface area contributed by atoms with E-state index in [1.54, 1.807) is 12.1 Å². The van der Waals surface area contributed by atoms with Gasteiger partial charge in [-0.05, 0) is 69.5 Å². The first kappa shape index (κ1) is 24.3. The molecule has 0 spiro atoms. The van der Waals surface area contributed by atoms with Gasteiger partial charge in [0.25, 0.3) is 5.91 Å². The number of aromatic nitrogens is 3. The highest BCUT2D eigenvalue weighted by Gasteiger charge is 2.34. The molecule has 1 unspecified atom stereocenters. The van der Waals surface area contributed by atoms with Crippen molar-refractivity contribution in [2.24, 2.45) is 0 Å². The molecule has 34 heavy (non-hydrogen) atoms. The third-order valence-corrected chi connectivity index (χ3v) is 7.17. The summed E-state index contributed by atoms with van der Waals surface area (Å²) >= 11 is 7.34. The van der Waals surface area contributed by atoms with Crippen LogP contribution in [0.3, 0.4) is 0 Å². The summed E-state index contributed by atoms with van der Waals surface area (Å²) in [5.74, 6) is 0.869. The number of amides is 2. The number of nitrogens with one attached hydrogen (secondary N) is 1. The summed E-state index contributed by atoms with van der Waals surface area (Å²) in [7, 11) is 0. The number of likely N-dealkylation sites (tertiary alicyclic amines) is 1. The molecule has 1 aromatic heterocycles. The lowest BCUT2D eigenvalue weighted by Crippen LogP contribution is -2.32. The molecule has 9 heteroatoms. The monoisotopic (exact) mass is 497 g/mol. The number of aryl methyl sites for hydroxylation is 2. The van der Waals surface area contributed by atoms with Crippen molar-refractivity contribution in [3.8, 4) is 0 Å². The molecule has 178 valence electrons. The lowest BCUT2D eigenvalue weighted by molar-refractivity contribution is -0.113. The van der Waals surface area contributed by atoms with Gasteiger partial charge in [-0.15, -0.1) is 10.2 Å². The first-order chi connectivity index (χ1) is 16.4. The van der Waals surface area contributed by atoms with Crippen LogP contribution in [0.25, 0.3) is 0 Å². The lowest BCUT2D eigenvalue weighted by Gasteiger charge is -2.24. The zero-order valence-corrected chi connectivity index (χ0v) is 21.1. The molecule has 1 aliphatic heterocycles. The van der Waals surface area contributed by atoms with Gasteiger partial charge in [-0.25, -0.2) is 0 Å². The van der Waals surface area contributed by atoms with E-state index in [0.717, 1.165) is 35.5 Å². The van der Waals surface area contributed by atoms with E-state index in [1.807, 2.05) is 60.6 Å². The van der Waals surface area contributed by atoms with Crippen LogP contribution in [0.15, 0.2) is 47.6 Å². The van der Waals surface area contributed by atoms with E-state index in [1.165, 1.54) is 11.8 Å². The van der Waals surface area contributed by atoms with Crippen LogP contribution in [0.4, 0.5) is 5.69 Å². The van der Waals surface area contributed by atoms with Crippen LogP contribution in [0.2, 0.25) is 5.02 Å². The van der Waals surface area contributed by atoms with Crippen molar-refractivity contribution >= 4 is 40.9 Å². The van der Waals surface area contributed by atoms with Crippen LogP contribution in [0.5, 0.6) is 0 Å². The molecule has 2 aromatic carbocycles. The number of anilines is 1. The smallest absolute Gasteiger partial charge is 0.254 e. The largest absolute Gasteiger partial charge is 0.328 e. The molecule has 0 aliphatic carbocycles. The Balaban J connectivity index is 1.45. The van der Waals surface area contributed by atoms with Gasteiger partial charge in [0, 0.05) is 29.4 Å². The first-order valence-corrected chi connectivity index (χ1v) is 12.7. The van der Waals surface area contributed by atoms with Crippen molar-refractivity contribution in [3.05, 3.63) is 70.0 Å². The predicted octanol–water partition coefficient (Wildman–Crippen LogP) is 5.28. The minimum Gasteiger partial charge on any atom is -0.328 e. The zero-order chi connectivity index (χ0) is 24.2. The van der Waals surface area contributed by atoms with Gasteiger partial charge in [-0.1, -0.05) is 41.1 Å². The topological polar surface area (TPSA) is 80.1 Å². The highest BCUT2D eigenvalue weighted by Crippen LogP contribution is 2.34. The van der Waals surface area contributed by atoms with Crippen molar-refractivity contribution in [2.75, 3.05) is 17.6 Å². The fourth-order valence-corrected chi connectivity index (χ4v) is 5.21. The highest BCUT2D eigenvalue weighted by molar-refractivity contribution is 7.99. The van der Waals surface area contributed by atoms with Crippen LogP contribution >= 0.6 is 23.4 Å². The maximum Gasteiger partial charge on any atom is 0.254 e. The summed E-state index contributed by atoms with van der Waals surface area (Å²) in [6.45, 7) is 7.28. The average molecular weight is 498 g/mol. The molecule has 1 atom stereocenters. The van der Waals surface area contributed by atoms with Gasteiger partial charge < -0.3 is 14.8 Å². The van der Waals surface area contributed by atoms with E-state index in [0.29, 0.717) is 28.8 Å². The van der Waals surface area contributed by atoms with E-state index in [4.69, 9.17) is 11.6 Å². The molecule has 1 fully saturated rings. The summed E-state index contributed by atoms with van der Waals surface area (Å²) in [6.07, 6.45) is 1.76. The minimum atomic E-state index is -0.125. The molecule has 1 N–H and O–H groups in total. The average Bonchev–Trinajstić information content (AvgIpc) is 3.46. The lowest BCUT2D eigenvalue weighted by atomic mass is 10.1. The van der Waals surface area contributed by atoms with E-state index in [9.17, 15) is 9.59 Å². The number of carbonyl (C=O) groups is 2. The van der Waals surface area contributed by atoms with Crippen molar-refractivity contribution in [3.63, 3.8) is 0 Å². The van der Waals surface area contributed by atoms with Gasteiger partial charge in [0.1, 0.15) is 0 Å². The number of hydrogen-bond acceptors (Lipinski definition) is 5. The van der Waals surface area contributed by atoms with Gasteiger partial charge in [-0.3, -0.25) is 9.59 Å². The van der Waals surface area contributed by atoms with Gasteiger partial charge in [0.15, 0.2) is 11.0 Å². The van der Waals surface area contributed by atoms with Gasteiger partial charge in [0.05, 0.1) is 11.8 Å².